The van der Waals surface area contributed by atoms with Gasteiger partial charge in [0.15, 0.2) is 5.76 Å². The minimum atomic E-state index is -1.23. The fourth-order valence-electron chi connectivity index (χ4n) is 1.62. The zero-order valence-corrected chi connectivity index (χ0v) is 12.0. The van der Waals surface area contributed by atoms with Crippen molar-refractivity contribution in [3.05, 3.63) is 23.7 Å². The first-order valence-electron chi connectivity index (χ1n) is 6.55. The molecule has 0 aliphatic rings. The molecule has 3 N–H and O–H groups in total. The van der Waals surface area contributed by atoms with Gasteiger partial charge < -0.3 is 19.9 Å². The van der Waals surface area contributed by atoms with Crippen LogP contribution in [0, 0.1) is 5.92 Å². The average Bonchev–Trinajstić information content (AvgIpc) is 2.83. The van der Waals surface area contributed by atoms with Crippen LogP contribution < -0.4 is 5.32 Å². The molecule has 0 fully saturated rings. The van der Waals surface area contributed by atoms with Crippen molar-refractivity contribution in [2.45, 2.75) is 39.2 Å². The lowest BCUT2D eigenvalue weighted by atomic mass is 9.95. The molecule has 0 aliphatic heterocycles. The van der Waals surface area contributed by atoms with E-state index in [4.69, 9.17) is 9.52 Å². The second kappa shape index (κ2) is 6.56. The maximum absolute atomic E-state index is 11.8. The topological polar surface area (TPSA) is 99.8 Å². The van der Waals surface area contributed by atoms with Crippen LogP contribution in [-0.2, 0) is 0 Å². The van der Waals surface area contributed by atoms with Gasteiger partial charge in [-0.15, -0.1) is 0 Å². The molecule has 0 bridgehead atoms. The molecule has 1 aromatic rings. The Labute approximate surface area is 117 Å². The number of hydrogen-bond acceptors (Lipinski definition) is 4. The fraction of sp³-hybridized carbons (Fsp3) is 0.571. The summed E-state index contributed by atoms with van der Waals surface area (Å²) in [5, 5.41) is 21.3. The van der Waals surface area contributed by atoms with Crippen LogP contribution >= 0.6 is 0 Å². The first kappa shape index (κ1) is 16.2. The van der Waals surface area contributed by atoms with Crippen LogP contribution in [-0.4, -0.2) is 34.2 Å². The van der Waals surface area contributed by atoms with Crippen LogP contribution in [0.3, 0.4) is 0 Å². The Morgan fingerprint density at radius 3 is 2.45 bits per heavy atom. The third kappa shape index (κ3) is 5.05. The van der Waals surface area contributed by atoms with Crippen molar-refractivity contribution in [1.82, 2.24) is 5.32 Å². The summed E-state index contributed by atoms with van der Waals surface area (Å²) in [7, 11) is 0. The van der Waals surface area contributed by atoms with Gasteiger partial charge in [0, 0.05) is 6.54 Å². The standard InChI is InChI=1S/C14H21NO5/c1-9(2)6-7-14(3,19)8-15-12(16)10-4-5-11(20-10)13(17)18/h4-5,9,19H,6-8H2,1-3H3,(H,15,16)(H,17,18). The Hall–Kier alpha value is -1.82. The fourth-order valence-corrected chi connectivity index (χ4v) is 1.62. The van der Waals surface area contributed by atoms with Gasteiger partial charge in [-0.3, -0.25) is 4.79 Å². The van der Waals surface area contributed by atoms with Gasteiger partial charge in [0.1, 0.15) is 0 Å². The largest absolute Gasteiger partial charge is 0.475 e. The van der Waals surface area contributed by atoms with Crippen molar-refractivity contribution < 1.29 is 24.2 Å². The van der Waals surface area contributed by atoms with E-state index in [-0.39, 0.29) is 18.1 Å². The molecule has 0 radical (unpaired) electrons. The van der Waals surface area contributed by atoms with Crippen molar-refractivity contribution in [1.29, 1.82) is 0 Å². The van der Waals surface area contributed by atoms with Crippen molar-refractivity contribution in [2.75, 3.05) is 6.54 Å². The van der Waals surface area contributed by atoms with Gasteiger partial charge in [-0.1, -0.05) is 13.8 Å². The van der Waals surface area contributed by atoms with Gasteiger partial charge in [-0.05, 0) is 37.8 Å². The first-order chi connectivity index (χ1) is 9.21. The molecule has 0 saturated heterocycles. The maximum Gasteiger partial charge on any atom is 0.371 e. The Bertz CT molecular complexity index is 476. The number of carboxylic acid groups (broad SMARTS) is 1. The van der Waals surface area contributed by atoms with Crippen molar-refractivity contribution >= 4 is 11.9 Å². The van der Waals surface area contributed by atoms with E-state index in [0.717, 1.165) is 6.42 Å². The van der Waals surface area contributed by atoms with Crippen LogP contribution in [0.4, 0.5) is 0 Å². The summed E-state index contributed by atoms with van der Waals surface area (Å²) in [6, 6.07) is 2.51. The molecule has 0 saturated carbocycles. The summed E-state index contributed by atoms with van der Waals surface area (Å²) >= 11 is 0. The number of amides is 1. The smallest absolute Gasteiger partial charge is 0.371 e. The van der Waals surface area contributed by atoms with Gasteiger partial charge in [0.25, 0.3) is 5.91 Å². The van der Waals surface area contributed by atoms with Crippen LogP contribution in [0.2, 0.25) is 0 Å². The van der Waals surface area contributed by atoms with E-state index in [9.17, 15) is 14.7 Å². The minimum absolute atomic E-state index is 0.0814. The van der Waals surface area contributed by atoms with Gasteiger partial charge in [0.2, 0.25) is 5.76 Å². The number of nitrogens with one attached hydrogen (secondary N) is 1. The summed E-state index contributed by atoms with van der Waals surface area (Å²) in [5.74, 6) is -1.67. The van der Waals surface area contributed by atoms with Crippen LogP contribution in [0.5, 0.6) is 0 Å². The van der Waals surface area contributed by atoms with Gasteiger partial charge in [-0.25, -0.2) is 4.79 Å². The third-order valence-corrected chi connectivity index (χ3v) is 2.93. The number of furan rings is 1. The lowest BCUT2D eigenvalue weighted by Gasteiger charge is -2.24. The van der Waals surface area contributed by atoms with Gasteiger partial charge in [-0.2, -0.15) is 0 Å². The number of rotatable bonds is 7. The molecule has 1 rings (SSSR count). The summed E-state index contributed by atoms with van der Waals surface area (Å²) in [6.07, 6.45) is 1.43. The highest BCUT2D eigenvalue weighted by molar-refractivity contribution is 5.93. The van der Waals surface area contributed by atoms with E-state index in [0.29, 0.717) is 12.3 Å². The molecular weight excluding hydrogens is 262 g/mol. The summed E-state index contributed by atoms with van der Waals surface area (Å²) in [6.45, 7) is 5.86. The van der Waals surface area contributed by atoms with Crippen molar-refractivity contribution in [2.24, 2.45) is 5.92 Å². The molecule has 1 unspecified atom stereocenters. The molecule has 6 heteroatoms. The van der Waals surface area contributed by atoms with E-state index in [1.807, 2.05) is 0 Å². The molecule has 1 heterocycles. The maximum atomic E-state index is 11.8. The highest BCUT2D eigenvalue weighted by atomic mass is 16.4. The predicted octanol–water partition coefficient (Wildman–Crippen LogP) is 1.89. The van der Waals surface area contributed by atoms with E-state index in [1.54, 1.807) is 6.92 Å². The van der Waals surface area contributed by atoms with Crippen LogP contribution in [0.15, 0.2) is 16.5 Å². The normalized spacial score (nSPS) is 14.1. The Morgan fingerprint density at radius 1 is 1.35 bits per heavy atom. The summed E-state index contributed by atoms with van der Waals surface area (Å²) in [5.41, 5.74) is -0.998. The molecule has 20 heavy (non-hydrogen) atoms. The monoisotopic (exact) mass is 283 g/mol. The zero-order chi connectivity index (χ0) is 15.3. The van der Waals surface area contributed by atoms with E-state index in [2.05, 4.69) is 19.2 Å². The SMILES string of the molecule is CC(C)CCC(C)(O)CNC(=O)c1ccc(C(=O)O)o1. The second-order valence-corrected chi connectivity index (χ2v) is 5.58. The molecular formula is C14H21NO5. The van der Waals surface area contributed by atoms with Crippen LogP contribution in [0.25, 0.3) is 0 Å². The van der Waals surface area contributed by atoms with Gasteiger partial charge >= 0.3 is 5.97 Å². The number of aromatic carboxylic acids is 1. The minimum Gasteiger partial charge on any atom is -0.475 e. The molecule has 1 aromatic heterocycles. The lowest BCUT2D eigenvalue weighted by molar-refractivity contribution is 0.0422. The third-order valence-electron chi connectivity index (χ3n) is 2.93. The Balaban J connectivity index is 2.51. The lowest BCUT2D eigenvalue weighted by Crippen LogP contribution is -2.40. The highest BCUT2D eigenvalue weighted by Gasteiger charge is 2.23. The average molecular weight is 283 g/mol. The predicted molar refractivity (Wildman–Crippen MR) is 72.7 cm³/mol. The molecule has 0 spiro atoms. The summed E-state index contributed by atoms with van der Waals surface area (Å²) in [4.78, 5) is 22.4. The number of aliphatic hydroxyl groups is 1. The number of carbonyl (C=O) groups is 2. The van der Waals surface area contributed by atoms with E-state index in [1.165, 1.54) is 12.1 Å². The highest BCUT2D eigenvalue weighted by Crippen LogP contribution is 2.16. The van der Waals surface area contributed by atoms with Crippen LogP contribution in [0.1, 0.15) is 54.7 Å². The number of carboxylic acids is 1. The van der Waals surface area contributed by atoms with E-state index < -0.39 is 17.5 Å². The van der Waals surface area contributed by atoms with Gasteiger partial charge in [0.05, 0.1) is 5.60 Å². The Morgan fingerprint density at radius 2 is 1.95 bits per heavy atom. The molecule has 1 amide bonds. The zero-order valence-electron chi connectivity index (χ0n) is 12.0. The number of carbonyl (C=O) groups excluding carboxylic acids is 1. The molecule has 112 valence electrons. The Kier molecular flexibility index (Phi) is 5.33. The second-order valence-electron chi connectivity index (χ2n) is 5.58. The molecule has 0 aromatic carbocycles. The molecule has 0 aliphatic carbocycles. The van der Waals surface area contributed by atoms with Crippen molar-refractivity contribution in [3.63, 3.8) is 0 Å². The van der Waals surface area contributed by atoms with E-state index >= 15 is 0 Å². The summed E-state index contributed by atoms with van der Waals surface area (Å²) < 4.78 is 4.88. The first-order valence-corrected chi connectivity index (χ1v) is 6.55. The quantitative estimate of drug-likeness (QED) is 0.709. The molecule has 1 atom stereocenters. The number of hydrogen-bond donors (Lipinski definition) is 3. The van der Waals surface area contributed by atoms with Crippen molar-refractivity contribution in [3.8, 4) is 0 Å². The molecule has 6 nitrogen and oxygen atoms in total.